The maximum atomic E-state index is 13.8. The van der Waals surface area contributed by atoms with Gasteiger partial charge in [-0.25, -0.2) is 4.39 Å². The van der Waals surface area contributed by atoms with E-state index in [-0.39, 0.29) is 23.9 Å². The highest BCUT2D eigenvalue weighted by atomic mass is 19.1. The van der Waals surface area contributed by atoms with Crippen molar-refractivity contribution in [1.29, 1.82) is 0 Å². The van der Waals surface area contributed by atoms with Crippen LogP contribution in [0.5, 0.6) is 5.75 Å². The fraction of sp³-hybridized carbons (Fsp3) is 0.259. The maximum Gasteiger partial charge on any atom is 0.293 e. The molecule has 0 amide bonds. The maximum absolute atomic E-state index is 13.8. The summed E-state index contributed by atoms with van der Waals surface area (Å²) >= 11 is 0. The summed E-state index contributed by atoms with van der Waals surface area (Å²) in [6.07, 6.45) is 0.219. The average molecular weight is 448 g/mol. The first kappa shape index (κ1) is 22.7. The third-order valence-electron chi connectivity index (χ3n) is 6.43. The number of carbonyl (C=O) groups is 2. The van der Waals surface area contributed by atoms with Crippen LogP contribution in [0, 0.1) is 11.7 Å². The first-order chi connectivity index (χ1) is 16.1. The van der Waals surface area contributed by atoms with E-state index in [0.29, 0.717) is 30.8 Å². The predicted octanol–water partition coefficient (Wildman–Crippen LogP) is 4.83. The summed E-state index contributed by atoms with van der Waals surface area (Å²) in [5.74, 6) is 0.133. The van der Waals surface area contributed by atoms with Crippen LogP contribution < -0.4 is 10.1 Å². The van der Waals surface area contributed by atoms with E-state index in [1.807, 2.05) is 30.3 Å². The molecular formula is C27H26FNO4. The third-order valence-corrected chi connectivity index (χ3v) is 6.43. The van der Waals surface area contributed by atoms with Gasteiger partial charge in [-0.05, 0) is 54.3 Å². The van der Waals surface area contributed by atoms with Gasteiger partial charge in [-0.2, -0.15) is 0 Å². The lowest BCUT2D eigenvalue weighted by atomic mass is 9.71. The summed E-state index contributed by atoms with van der Waals surface area (Å²) in [5.41, 5.74) is 1.23. The topological polar surface area (TPSA) is 64.6 Å². The van der Waals surface area contributed by atoms with Gasteiger partial charge in [-0.15, -0.1) is 0 Å². The number of methoxy groups -OCH3 is 1. The molecule has 33 heavy (non-hydrogen) atoms. The molecular weight excluding hydrogens is 421 g/mol. The van der Waals surface area contributed by atoms with Gasteiger partial charge >= 0.3 is 0 Å². The Balaban J connectivity index is 1.80. The van der Waals surface area contributed by atoms with Crippen molar-refractivity contribution in [2.24, 2.45) is 5.92 Å². The van der Waals surface area contributed by atoms with Crippen LogP contribution in [0.1, 0.15) is 40.4 Å². The summed E-state index contributed by atoms with van der Waals surface area (Å²) in [5, 5.41) is 3.53. The summed E-state index contributed by atoms with van der Waals surface area (Å²) in [6, 6.07) is 22.6. The Bertz CT molecular complexity index is 1090. The van der Waals surface area contributed by atoms with Crippen molar-refractivity contribution in [3.8, 4) is 5.75 Å². The molecule has 1 aliphatic rings. The van der Waals surface area contributed by atoms with Gasteiger partial charge in [0.2, 0.25) is 0 Å². The van der Waals surface area contributed by atoms with Crippen LogP contribution in [0.4, 0.5) is 4.39 Å². The van der Waals surface area contributed by atoms with Crippen LogP contribution in [0.25, 0.3) is 0 Å². The van der Waals surface area contributed by atoms with Crippen molar-refractivity contribution in [3.05, 3.63) is 101 Å². The zero-order valence-electron chi connectivity index (χ0n) is 18.4. The van der Waals surface area contributed by atoms with Crippen molar-refractivity contribution in [2.45, 2.75) is 24.5 Å². The molecule has 3 atom stereocenters. The second kappa shape index (κ2) is 9.96. The van der Waals surface area contributed by atoms with Crippen LogP contribution in [0.3, 0.4) is 0 Å². The zero-order valence-corrected chi connectivity index (χ0v) is 18.4. The summed E-state index contributed by atoms with van der Waals surface area (Å²) in [7, 11) is 1.58. The molecule has 0 radical (unpaired) electrons. The van der Waals surface area contributed by atoms with Crippen LogP contribution >= 0.6 is 0 Å². The molecule has 1 heterocycles. The Labute approximate surface area is 192 Å². The molecule has 0 aromatic heterocycles. The lowest BCUT2D eigenvalue weighted by Crippen LogP contribution is -2.48. The highest BCUT2D eigenvalue weighted by molar-refractivity contribution is 5.96. The number of benzene rings is 3. The molecule has 0 saturated carbocycles. The summed E-state index contributed by atoms with van der Waals surface area (Å²) < 4.78 is 24.8. The molecule has 3 aromatic carbocycles. The molecule has 1 aliphatic heterocycles. The number of halogens is 1. The molecule has 1 N–H and O–H groups in total. The van der Waals surface area contributed by atoms with Gasteiger partial charge in [-0.3, -0.25) is 9.59 Å². The molecule has 170 valence electrons. The largest absolute Gasteiger partial charge is 0.497 e. The molecule has 1 saturated heterocycles. The fourth-order valence-electron chi connectivity index (χ4n) is 4.86. The quantitative estimate of drug-likeness (QED) is 0.376. The van der Waals surface area contributed by atoms with Crippen molar-refractivity contribution in [3.63, 3.8) is 0 Å². The average Bonchev–Trinajstić information content (AvgIpc) is 3.27. The van der Waals surface area contributed by atoms with E-state index in [9.17, 15) is 14.0 Å². The monoisotopic (exact) mass is 447 g/mol. The smallest absolute Gasteiger partial charge is 0.293 e. The van der Waals surface area contributed by atoms with Crippen molar-refractivity contribution in [2.75, 3.05) is 13.7 Å². The van der Waals surface area contributed by atoms with E-state index in [4.69, 9.17) is 9.47 Å². The van der Waals surface area contributed by atoms with Gasteiger partial charge in [0, 0.05) is 12.0 Å². The number of hydrogen-bond donors (Lipinski definition) is 1. The Kier molecular flexibility index (Phi) is 6.84. The fourth-order valence-corrected chi connectivity index (χ4v) is 4.86. The van der Waals surface area contributed by atoms with Crippen LogP contribution in [0.15, 0.2) is 78.9 Å². The minimum atomic E-state index is -0.909. The Hall–Kier alpha value is -3.51. The SMILES string of the molecule is COc1ccc(C(OC=O)C2(c3ccc(F)cc3)NCCC2CC(=O)c2ccccc2)cc1. The number of carbonyl (C=O) groups excluding carboxylic acids is 2. The van der Waals surface area contributed by atoms with Crippen LogP contribution in [0.2, 0.25) is 0 Å². The van der Waals surface area contributed by atoms with Crippen LogP contribution in [-0.2, 0) is 15.1 Å². The molecule has 0 spiro atoms. The predicted molar refractivity (Wildman–Crippen MR) is 122 cm³/mol. The summed E-state index contributed by atoms with van der Waals surface area (Å²) in [6.45, 7) is 1.05. The number of hydrogen-bond acceptors (Lipinski definition) is 5. The minimum Gasteiger partial charge on any atom is -0.497 e. The molecule has 5 nitrogen and oxygen atoms in total. The molecule has 6 heteroatoms. The highest BCUT2D eigenvalue weighted by Crippen LogP contribution is 2.49. The zero-order chi connectivity index (χ0) is 23.3. The lowest BCUT2D eigenvalue weighted by Gasteiger charge is -2.42. The van der Waals surface area contributed by atoms with Gasteiger partial charge < -0.3 is 14.8 Å². The standard InChI is InChI=1S/C27H26FNO4/c1-32-24-13-7-20(8-14-24)26(33-18-30)27(21-9-11-23(28)12-10-21)22(15-16-29-27)17-25(31)19-5-3-2-4-6-19/h2-14,18,22,26,29H,15-17H2,1H3. The number of nitrogens with one attached hydrogen (secondary N) is 1. The summed E-state index contributed by atoms with van der Waals surface area (Å²) in [4.78, 5) is 24.8. The Morgan fingerprint density at radius 3 is 2.42 bits per heavy atom. The molecule has 0 aliphatic carbocycles. The van der Waals surface area contributed by atoms with E-state index >= 15 is 0 Å². The van der Waals surface area contributed by atoms with Crippen molar-refractivity contribution in [1.82, 2.24) is 5.32 Å². The molecule has 3 aromatic rings. The van der Waals surface area contributed by atoms with Gasteiger partial charge in [0.25, 0.3) is 6.47 Å². The van der Waals surface area contributed by atoms with Gasteiger partial charge in [0.15, 0.2) is 5.78 Å². The number of ether oxygens (including phenoxy) is 2. The second-order valence-corrected chi connectivity index (χ2v) is 8.17. The van der Waals surface area contributed by atoms with E-state index in [1.165, 1.54) is 12.1 Å². The Morgan fingerprint density at radius 2 is 1.79 bits per heavy atom. The van der Waals surface area contributed by atoms with Gasteiger partial charge in [0.1, 0.15) is 17.7 Å². The third kappa shape index (κ3) is 4.52. The molecule has 0 bridgehead atoms. The highest BCUT2D eigenvalue weighted by Gasteiger charge is 2.52. The van der Waals surface area contributed by atoms with Gasteiger partial charge in [0.05, 0.1) is 12.6 Å². The van der Waals surface area contributed by atoms with Crippen LogP contribution in [-0.4, -0.2) is 25.9 Å². The number of Topliss-reactive ketones (excluding diaryl/α,β-unsaturated/α-hetero) is 1. The molecule has 1 fully saturated rings. The van der Waals surface area contributed by atoms with Crippen molar-refractivity contribution < 1.29 is 23.5 Å². The number of ketones is 1. The lowest BCUT2D eigenvalue weighted by molar-refractivity contribution is -0.140. The molecule has 3 unspecified atom stereocenters. The van der Waals surface area contributed by atoms with E-state index in [2.05, 4.69) is 5.32 Å². The molecule has 4 rings (SSSR count). The van der Waals surface area contributed by atoms with Gasteiger partial charge in [-0.1, -0.05) is 54.6 Å². The van der Waals surface area contributed by atoms with E-state index in [0.717, 1.165) is 11.1 Å². The second-order valence-electron chi connectivity index (χ2n) is 8.17. The number of rotatable bonds is 9. The first-order valence-electron chi connectivity index (χ1n) is 10.9. The minimum absolute atomic E-state index is 0.00960. The normalized spacial score (nSPS) is 20.7. The van der Waals surface area contributed by atoms with E-state index < -0.39 is 11.6 Å². The first-order valence-corrected chi connectivity index (χ1v) is 10.9. The Morgan fingerprint density at radius 1 is 1.09 bits per heavy atom. The van der Waals surface area contributed by atoms with Crippen molar-refractivity contribution >= 4 is 12.3 Å². The van der Waals surface area contributed by atoms with E-state index in [1.54, 1.807) is 43.5 Å².